The molecule has 4 nitrogen and oxygen atoms in total. The first-order valence-electron chi connectivity index (χ1n) is 6.23. The zero-order valence-electron chi connectivity index (χ0n) is 10.4. The van der Waals surface area contributed by atoms with E-state index in [0.717, 1.165) is 19.4 Å². The molecule has 1 amide bonds. The van der Waals surface area contributed by atoms with Crippen LogP contribution in [0, 0.1) is 5.92 Å². The smallest absolute Gasteiger partial charge is 0.221 e. The molecule has 1 aliphatic heterocycles. The summed E-state index contributed by atoms with van der Waals surface area (Å²) in [6, 6.07) is -0.0488. The van der Waals surface area contributed by atoms with Crippen LogP contribution in [-0.2, 0) is 9.53 Å². The summed E-state index contributed by atoms with van der Waals surface area (Å²) in [5.74, 6) is 0.382. The molecule has 16 heavy (non-hydrogen) atoms. The van der Waals surface area contributed by atoms with E-state index in [4.69, 9.17) is 10.5 Å². The van der Waals surface area contributed by atoms with Crippen molar-refractivity contribution >= 4 is 5.91 Å². The molecule has 0 aromatic heterocycles. The average Bonchev–Trinajstić information content (AvgIpc) is 2.27. The molecule has 0 spiro atoms. The molecule has 0 aromatic rings. The lowest BCUT2D eigenvalue weighted by molar-refractivity contribution is -0.122. The van der Waals surface area contributed by atoms with Crippen LogP contribution in [-0.4, -0.2) is 31.2 Å². The molecule has 2 atom stereocenters. The molecule has 0 aromatic carbocycles. The van der Waals surface area contributed by atoms with E-state index in [1.807, 2.05) is 13.8 Å². The van der Waals surface area contributed by atoms with Gasteiger partial charge < -0.3 is 15.8 Å². The lowest BCUT2D eigenvalue weighted by Gasteiger charge is -2.23. The lowest BCUT2D eigenvalue weighted by Crippen LogP contribution is -2.39. The Bertz CT molecular complexity index is 213. The third-order valence-electron chi connectivity index (χ3n) is 3.08. The van der Waals surface area contributed by atoms with Gasteiger partial charge in [0.05, 0.1) is 6.10 Å². The summed E-state index contributed by atoms with van der Waals surface area (Å²) in [5.41, 5.74) is 5.83. The molecule has 0 radical (unpaired) electrons. The van der Waals surface area contributed by atoms with Gasteiger partial charge in [0, 0.05) is 25.6 Å². The fraction of sp³-hybridized carbons (Fsp3) is 0.917. The molecule has 2 unspecified atom stereocenters. The van der Waals surface area contributed by atoms with Crippen molar-refractivity contribution in [2.45, 2.75) is 51.7 Å². The first kappa shape index (κ1) is 13.5. The Kier molecular flexibility index (Phi) is 5.77. The monoisotopic (exact) mass is 228 g/mol. The molecule has 0 aliphatic carbocycles. The maximum atomic E-state index is 11.6. The van der Waals surface area contributed by atoms with E-state index in [0.29, 0.717) is 18.9 Å². The molecular formula is C12H24N2O2. The fourth-order valence-electron chi connectivity index (χ4n) is 1.72. The van der Waals surface area contributed by atoms with Gasteiger partial charge in [-0.05, 0) is 25.2 Å². The van der Waals surface area contributed by atoms with Crippen molar-refractivity contribution in [2.24, 2.45) is 11.7 Å². The van der Waals surface area contributed by atoms with Crippen LogP contribution in [0.15, 0.2) is 0 Å². The first-order chi connectivity index (χ1) is 7.59. The number of carbonyl (C=O) groups is 1. The van der Waals surface area contributed by atoms with Gasteiger partial charge in [0.15, 0.2) is 0 Å². The number of carbonyl (C=O) groups excluding carboxylic acids is 1. The Balaban J connectivity index is 2.14. The van der Waals surface area contributed by atoms with Crippen LogP contribution in [0.1, 0.15) is 39.5 Å². The van der Waals surface area contributed by atoms with Crippen LogP contribution >= 0.6 is 0 Å². The van der Waals surface area contributed by atoms with Crippen molar-refractivity contribution in [1.82, 2.24) is 5.32 Å². The summed E-state index contributed by atoms with van der Waals surface area (Å²) < 4.78 is 5.53. The predicted molar refractivity (Wildman–Crippen MR) is 64.0 cm³/mol. The van der Waals surface area contributed by atoms with Crippen LogP contribution in [0.4, 0.5) is 0 Å². The van der Waals surface area contributed by atoms with Crippen molar-refractivity contribution in [3.8, 4) is 0 Å². The molecule has 1 fully saturated rings. The van der Waals surface area contributed by atoms with E-state index in [2.05, 4.69) is 5.32 Å². The summed E-state index contributed by atoms with van der Waals surface area (Å²) >= 11 is 0. The van der Waals surface area contributed by atoms with Crippen LogP contribution in [0.25, 0.3) is 0 Å². The zero-order chi connectivity index (χ0) is 12.0. The maximum absolute atomic E-state index is 11.6. The second-order valence-corrected chi connectivity index (χ2v) is 4.90. The summed E-state index contributed by atoms with van der Waals surface area (Å²) in [6.07, 6.45) is 4.00. The highest BCUT2D eigenvalue weighted by molar-refractivity contribution is 5.76. The van der Waals surface area contributed by atoms with Crippen molar-refractivity contribution in [3.63, 3.8) is 0 Å². The van der Waals surface area contributed by atoms with E-state index in [9.17, 15) is 4.79 Å². The molecule has 0 bridgehead atoms. The van der Waals surface area contributed by atoms with Crippen molar-refractivity contribution < 1.29 is 9.53 Å². The largest absolute Gasteiger partial charge is 0.376 e. The van der Waals surface area contributed by atoms with E-state index in [1.54, 1.807) is 0 Å². The Labute approximate surface area is 97.9 Å². The van der Waals surface area contributed by atoms with Gasteiger partial charge in [0.1, 0.15) is 0 Å². The molecule has 1 saturated heterocycles. The highest BCUT2D eigenvalue weighted by Gasteiger charge is 2.16. The minimum absolute atomic E-state index is 0.0374. The number of rotatable bonds is 5. The molecule has 1 rings (SSSR count). The van der Waals surface area contributed by atoms with E-state index < -0.39 is 0 Å². The zero-order valence-corrected chi connectivity index (χ0v) is 10.4. The van der Waals surface area contributed by atoms with Gasteiger partial charge >= 0.3 is 0 Å². The molecule has 4 heteroatoms. The number of ether oxygens (including phenoxy) is 1. The van der Waals surface area contributed by atoms with Gasteiger partial charge in [-0.3, -0.25) is 4.79 Å². The first-order valence-corrected chi connectivity index (χ1v) is 6.23. The second-order valence-electron chi connectivity index (χ2n) is 4.90. The third kappa shape index (κ3) is 4.94. The van der Waals surface area contributed by atoms with Crippen molar-refractivity contribution in [2.75, 3.05) is 13.2 Å². The highest BCUT2D eigenvalue weighted by atomic mass is 16.5. The van der Waals surface area contributed by atoms with Crippen LogP contribution < -0.4 is 11.1 Å². The van der Waals surface area contributed by atoms with Gasteiger partial charge in [-0.15, -0.1) is 0 Å². The average molecular weight is 228 g/mol. The number of hydrogen-bond donors (Lipinski definition) is 2. The summed E-state index contributed by atoms with van der Waals surface area (Å²) in [4.78, 5) is 11.6. The second kappa shape index (κ2) is 6.86. The minimum Gasteiger partial charge on any atom is -0.376 e. The standard InChI is InChI=1S/C12H24N2O2/c1-9(2)11(13)7-12(15)14-8-10-5-3-4-6-16-10/h9-11H,3-8,13H2,1-2H3,(H,14,15). The molecular weight excluding hydrogens is 204 g/mol. The fourth-order valence-corrected chi connectivity index (χ4v) is 1.72. The van der Waals surface area contributed by atoms with Crippen LogP contribution in [0.2, 0.25) is 0 Å². The van der Waals surface area contributed by atoms with Gasteiger partial charge in [-0.25, -0.2) is 0 Å². The molecule has 1 heterocycles. The minimum atomic E-state index is -0.0488. The molecule has 3 N–H and O–H groups in total. The van der Waals surface area contributed by atoms with E-state index in [-0.39, 0.29) is 18.1 Å². The molecule has 0 saturated carbocycles. The number of nitrogens with one attached hydrogen (secondary N) is 1. The topological polar surface area (TPSA) is 64.4 Å². The Morgan fingerprint density at radius 2 is 2.25 bits per heavy atom. The molecule has 94 valence electrons. The Hall–Kier alpha value is -0.610. The third-order valence-corrected chi connectivity index (χ3v) is 3.08. The number of nitrogens with two attached hydrogens (primary N) is 1. The lowest BCUT2D eigenvalue weighted by atomic mass is 10.0. The van der Waals surface area contributed by atoms with E-state index in [1.165, 1.54) is 6.42 Å². The summed E-state index contributed by atoms with van der Waals surface area (Å²) in [6.45, 7) is 5.51. The normalized spacial score (nSPS) is 23.1. The van der Waals surface area contributed by atoms with Gasteiger partial charge in [-0.2, -0.15) is 0 Å². The predicted octanol–water partition coefficient (Wildman–Crippen LogP) is 1.05. The SMILES string of the molecule is CC(C)C(N)CC(=O)NCC1CCCCO1. The Morgan fingerprint density at radius 3 is 2.81 bits per heavy atom. The van der Waals surface area contributed by atoms with Gasteiger partial charge in [0.25, 0.3) is 0 Å². The van der Waals surface area contributed by atoms with Crippen LogP contribution in [0.3, 0.4) is 0 Å². The number of amides is 1. The van der Waals surface area contributed by atoms with Crippen molar-refractivity contribution in [3.05, 3.63) is 0 Å². The van der Waals surface area contributed by atoms with Crippen molar-refractivity contribution in [1.29, 1.82) is 0 Å². The number of hydrogen-bond acceptors (Lipinski definition) is 3. The summed E-state index contributed by atoms with van der Waals surface area (Å²) in [5, 5.41) is 2.89. The summed E-state index contributed by atoms with van der Waals surface area (Å²) in [7, 11) is 0. The Morgan fingerprint density at radius 1 is 1.50 bits per heavy atom. The highest BCUT2D eigenvalue weighted by Crippen LogP contribution is 2.11. The van der Waals surface area contributed by atoms with Crippen LogP contribution in [0.5, 0.6) is 0 Å². The van der Waals surface area contributed by atoms with E-state index >= 15 is 0 Å². The maximum Gasteiger partial charge on any atom is 0.221 e. The molecule has 1 aliphatic rings. The van der Waals surface area contributed by atoms with Gasteiger partial charge in [0.2, 0.25) is 5.91 Å². The quantitative estimate of drug-likeness (QED) is 0.739. The van der Waals surface area contributed by atoms with Gasteiger partial charge in [-0.1, -0.05) is 13.8 Å².